The van der Waals surface area contributed by atoms with E-state index in [1.54, 1.807) is 42.5 Å². The minimum absolute atomic E-state index is 0.0231. The number of carbonyl (C=O) groups is 3. The van der Waals surface area contributed by atoms with Gasteiger partial charge in [-0.05, 0) is 54.8 Å². The predicted octanol–water partition coefficient (Wildman–Crippen LogP) is 6.13. The average molecular weight is 624 g/mol. The summed E-state index contributed by atoms with van der Waals surface area (Å²) in [6.45, 7) is -0.0231. The van der Waals surface area contributed by atoms with Gasteiger partial charge in [0.15, 0.2) is 0 Å². The van der Waals surface area contributed by atoms with Crippen LogP contribution in [0.5, 0.6) is 0 Å². The number of benzene rings is 2. The quantitative estimate of drug-likeness (QED) is 0.305. The van der Waals surface area contributed by atoms with Crippen molar-refractivity contribution in [1.29, 1.82) is 0 Å². The van der Waals surface area contributed by atoms with E-state index in [1.807, 2.05) is 0 Å². The molecule has 5 nitrogen and oxygen atoms in total. The molecule has 168 valence electrons. The summed E-state index contributed by atoms with van der Waals surface area (Å²) < 4.78 is 0. The van der Waals surface area contributed by atoms with Crippen LogP contribution in [0, 0.1) is 11.8 Å². The van der Waals surface area contributed by atoms with E-state index in [0.29, 0.717) is 39.0 Å². The smallest absolute Gasteiger partial charge is 0.272 e. The number of alkyl halides is 2. The van der Waals surface area contributed by atoms with Crippen LogP contribution >= 0.6 is 66.7 Å². The lowest BCUT2D eigenvalue weighted by Crippen LogP contribution is -2.49. The van der Waals surface area contributed by atoms with E-state index < -0.39 is 17.7 Å². The van der Waals surface area contributed by atoms with E-state index in [2.05, 4.69) is 31.9 Å². The summed E-state index contributed by atoms with van der Waals surface area (Å²) in [5, 5.41) is 3.37. The standard InChI is InChI=1S/C22H17Br2Cl3N2O3/c23-16-8-14-15(9-17(16)24)22(32)29(21(14)31)28(10-11-1-6-18(26)19(27)7-11)20(30)12-2-4-13(25)5-3-12/h1-7,14-17H,8-10H2/t14-,15+,16+,17-. The average Bonchev–Trinajstić information content (AvgIpc) is 2.99. The maximum atomic E-state index is 13.5. The van der Waals surface area contributed by atoms with E-state index in [9.17, 15) is 14.4 Å². The van der Waals surface area contributed by atoms with E-state index in [1.165, 1.54) is 5.01 Å². The minimum atomic E-state index is -0.487. The zero-order chi connectivity index (χ0) is 23.2. The lowest BCUT2D eigenvalue weighted by atomic mass is 9.81. The van der Waals surface area contributed by atoms with Crippen LogP contribution in [0.3, 0.4) is 0 Å². The molecule has 4 atom stereocenters. The van der Waals surface area contributed by atoms with Crippen molar-refractivity contribution in [3.05, 3.63) is 68.7 Å². The van der Waals surface area contributed by atoms with Crippen LogP contribution in [-0.4, -0.2) is 37.4 Å². The first-order chi connectivity index (χ1) is 15.2. The predicted molar refractivity (Wildman–Crippen MR) is 131 cm³/mol. The topological polar surface area (TPSA) is 57.7 Å². The van der Waals surface area contributed by atoms with Crippen molar-refractivity contribution in [3.8, 4) is 0 Å². The molecule has 0 bridgehead atoms. The van der Waals surface area contributed by atoms with Gasteiger partial charge in [-0.1, -0.05) is 72.7 Å². The molecule has 32 heavy (non-hydrogen) atoms. The molecular weight excluding hydrogens is 606 g/mol. The van der Waals surface area contributed by atoms with Gasteiger partial charge in [-0.25, -0.2) is 5.01 Å². The number of fused-ring (bicyclic) bond motifs is 1. The summed E-state index contributed by atoms with van der Waals surface area (Å²) >= 11 is 25.3. The zero-order valence-corrected chi connectivity index (χ0v) is 21.9. The number of nitrogens with zero attached hydrogens (tertiary/aromatic N) is 2. The van der Waals surface area contributed by atoms with Crippen molar-refractivity contribution in [2.45, 2.75) is 29.0 Å². The fraction of sp³-hybridized carbons (Fsp3) is 0.318. The maximum absolute atomic E-state index is 13.5. The van der Waals surface area contributed by atoms with Crippen LogP contribution in [0.1, 0.15) is 28.8 Å². The number of carbonyl (C=O) groups excluding carboxylic acids is 3. The van der Waals surface area contributed by atoms with Crippen molar-refractivity contribution in [1.82, 2.24) is 10.0 Å². The molecule has 0 N–H and O–H groups in total. The number of hydrogen-bond donors (Lipinski definition) is 0. The Morgan fingerprint density at radius 3 is 2.00 bits per heavy atom. The zero-order valence-electron chi connectivity index (χ0n) is 16.5. The molecule has 10 heteroatoms. The summed E-state index contributed by atoms with van der Waals surface area (Å²) in [5.74, 6) is -2.18. The lowest BCUT2D eigenvalue weighted by molar-refractivity contribution is -0.155. The van der Waals surface area contributed by atoms with Crippen LogP contribution in [0.25, 0.3) is 0 Å². The van der Waals surface area contributed by atoms with Gasteiger partial charge in [0.25, 0.3) is 17.7 Å². The van der Waals surface area contributed by atoms with Gasteiger partial charge in [0, 0.05) is 20.2 Å². The van der Waals surface area contributed by atoms with E-state index in [0.717, 1.165) is 5.01 Å². The van der Waals surface area contributed by atoms with E-state index in [-0.39, 0.29) is 28.0 Å². The molecule has 2 aromatic carbocycles. The molecule has 1 aliphatic heterocycles. The van der Waals surface area contributed by atoms with Crippen molar-refractivity contribution in [2.75, 3.05) is 0 Å². The fourth-order valence-corrected chi connectivity index (χ4v) is 5.79. The highest BCUT2D eigenvalue weighted by atomic mass is 79.9. The Morgan fingerprint density at radius 2 is 1.47 bits per heavy atom. The molecule has 1 saturated carbocycles. The number of hydrogen-bond acceptors (Lipinski definition) is 3. The van der Waals surface area contributed by atoms with Gasteiger partial charge in [0.05, 0.1) is 28.4 Å². The van der Waals surface area contributed by atoms with Crippen molar-refractivity contribution in [3.63, 3.8) is 0 Å². The molecule has 0 unspecified atom stereocenters. The maximum Gasteiger partial charge on any atom is 0.273 e. The SMILES string of the molecule is O=C(c1ccc(Cl)cc1)N(Cc1ccc(Cl)c(Cl)c1)N1C(=O)[C@H]2C[C@@H](Br)[C@@H](Br)C[C@H]2C1=O. The van der Waals surface area contributed by atoms with Gasteiger partial charge in [-0.2, -0.15) is 5.01 Å². The van der Waals surface area contributed by atoms with E-state index in [4.69, 9.17) is 34.8 Å². The summed E-state index contributed by atoms with van der Waals surface area (Å²) in [6.07, 6.45) is 1.02. The summed E-state index contributed by atoms with van der Waals surface area (Å²) in [6, 6.07) is 11.2. The van der Waals surface area contributed by atoms with Gasteiger partial charge in [-0.15, -0.1) is 0 Å². The molecule has 2 aliphatic rings. The third-order valence-corrected chi connectivity index (χ3v) is 9.50. The molecule has 0 radical (unpaired) electrons. The molecule has 3 amide bonds. The highest BCUT2D eigenvalue weighted by molar-refractivity contribution is 9.12. The number of rotatable bonds is 4. The highest BCUT2D eigenvalue weighted by Crippen LogP contribution is 2.44. The molecule has 1 saturated heterocycles. The van der Waals surface area contributed by atoms with Gasteiger partial charge in [0.1, 0.15) is 0 Å². The van der Waals surface area contributed by atoms with Crippen molar-refractivity contribution >= 4 is 84.4 Å². The van der Waals surface area contributed by atoms with Crippen LogP contribution in [0.15, 0.2) is 42.5 Å². The summed E-state index contributed by atoms with van der Waals surface area (Å²) in [5.41, 5.74) is 0.940. The monoisotopic (exact) mass is 620 g/mol. The summed E-state index contributed by atoms with van der Waals surface area (Å²) in [4.78, 5) is 40.3. The van der Waals surface area contributed by atoms with Crippen LogP contribution < -0.4 is 0 Å². The number of imide groups is 1. The Bertz CT molecular complexity index is 1050. The van der Waals surface area contributed by atoms with Gasteiger partial charge in [0.2, 0.25) is 0 Å². The normalized spacial score (nSPS) is 25.1. The van der Waals surface area contributed by atoms with Crippen LogP contribution in [0.2, 0.25) is 15.1 Å². The molecule has 2 aromatic rings. The number of amides is 3. The Kier molecular flexibility index (Phi) is 7.23. The molecule has 1 aliphatic carbocycles. The Hall–Kier alpha value is -1.12. The van der Waals surface area contributed by atoms with Crippen molar-refractivity contribution in [2.24, 2.45) is 11.8 Å². The first-order valence-electron chi connectivity index (χ1n) is 9.84. The Balaban J connectivity index is 1.72. The lowest BCUT2D eigenvalue weighted by Gasteiger charge is -2.30. The molecule has 4 rings (SSSR count). The molecular formula is C22H17Br2Cl3N2O3. The van der Waals surface area contributed by atoms with Crippen LogP contribution in [0.4, 0.5) is 0 Å². The number of halogens is 5. The second-order valence-corrected chi connectivity index (χ2v) is 11.4. The largest absolute Gasteiger partial charge is 0.273 e. The third-order valence-electron chi connectivity index (χ3n) is 5.77. The first kappa shape index (κ1) is 24.0. The van der Waals surface area contributed by atoms with Crippen LogP contribution in [-0.2, 0) is 16.1 Å². The minimum Gasteiger partial charge on any atom is -0.272 e. The highest BCUT2D eigenvalue weighted by Gasteiger charge is 2.54. The Labute approximate surface area is 217 Å². The first-order valence-corrected chi connectivity index (χ1v) is 12.8. The van der Waals surface area contributed by atoms with E-state index >= 15 is 0 Å². The Morgan fingerprint density at radius 1 is 0.906 bits per heavy atom. The van der Waals surface area contributed by atoms with Gasteiger partial charge in [-0.3, -0.25) is 14.4 Å². The summed E-state index contributed by atoms with van der Waals surface area (Å²) in [7, 11) is 0. The second kappa shape index (κ2) is 9.63. The molecule has 0 spiro atoms. The third kappa shape index (κ3) is 4.60. The van der Waals surface area contributed by atoms with Gasteiger partial charge < -0.3 is 0 Å². The number of hydrazine groups is 1. The second-order valence-electron chi connectivity index (χ2n) is 7.82. The molecule has 0 aromatic heterocycles. The molecule has 2 fully saturated rings. The van der Waals surface area contributed by atoms with Gasteiger partial charge >= 0.3 is 0 Å². The fourth-order valence-electron chi connectivity index (χ4n) is 4.10. The van der Waals surface area contributed by atoms with Crippen molar-refractivity contribution < 1.29 is 14.4 Å². The molecule has 1 heterocycles.